The summed E-state index contributed by atoms with van der Waals surface area (Å²) in [4.78, 5) is 0. The molecule has 0 heterocycles. The molecule has 1 atom stereocenters. The average molecular weight is 284 g/mol. The van der Waals surface area contributed by atoms with Crippen molar-refractivity contribution in [2.75, 3.05) is 0 Å². The molecule has 21 heavy (non-hydrogen) atoms. The Morgan fingerprint density at radius 1 is 1.00 bits per heavy atom. The lowest BCUT2D eigenvalue weighted by molar-refractivity contribution is 0.500. The lowest BCUT2D eigenvalue weighted by Crippen LogP contribution is -2.07. The molecule has 0 aliphatic heterocycles. The molecule has 0 saturated heterocycles. The van der Waals surface area contributed by atoms with E-state index in [0.29, 0.717) is 0 Å². The minimum absolute atomic E-state index is 0.879. The minimum Gasteiger partial charge on any atom is -0.0661 e. The second-order valence-electron chi connectivity index (χ2n) is 6.96. The highest BCUT2D eigenvalue weighted by atomic mass is 14.2. The van der Waals surface area contributed by atoms with Crippen LogP contribution in [0.1, 0.15) is 82.8 Å². The van der Waals surface area contributed by atoms with Crippen LogP contribution in [0.15, 0.2) is 29.8 Å². The van der Waals surface area contributed by atoms with Gasteiger partial charge < -0.3 is 0 Å². The highest BCUT2D eigenvalue weighted by molar-refractivity contribution is 5.69. The Hall–Kier alpha value is -1.04. The summed E-state index contributed by atoms with van der Waals surface area (Å²) in [5, 5.41) is 0. The number of aryl methyl sites for hydroxylation is 1. The molecule has 0 amide bonds. The first-order valence-corrected chi connectivity index (χ1v) is 8.98. The van der Waals surface area contributed by atoms with Gasteiger partial charge >= 0.3 is 0 Å². The fourth-order valence-electron chi connectivity index (χ4n) is 3.51. The van der Waals surface area contributed by atoms with E-state index in [1.165, 1.54) is 68.9 Å². The Labute approximate surface area is 131 Å². The summed E-state index contributed by atoms with van der Waals surface area (Å²) in [6.07, 6.45) is 12.3. The fourth-order valence-corrected chi connectivity index (χ4v) is 3.51. The van der Waals surface area contributed by atoms with E-state index in [4.69, 9.17) is 0 Å². The summed E-state index contributed by atoms with van der Waals surface area (Å²) in [7, 11) is 0. The van der Waals surface area contributed by atoms with Crippen molar-refractivity contribution in [3.8, 4) is 0 Å². The van der Waals surface area contributed by atoms with Crippen LogP contribution >= 0.6 is 0 Å². The van der Waals surface area contributed by atoms with E-state index in [1.54, 1.807) is 11.1 Å². The van der Waals surface area contributed by atoms with Gasteiger partial charge in [-0.2, -0.15) is 0 Å². The first kappa shape index (κ1) is 16.3. The van der Waals surface area contributed by atoms with E-state index in [0.717, 1.165) is 5.92 Å². The van der Waals surface area contributed by atoms with Gasteiger partial charge in [-0.05, 0) is 56.1 Å². The molecule has 0 N–H and O–H groups in total. The Morgan fingerprint density at radius 2 is 1.71 bits per heavy atom. The maximum absolute atomic E-state index is 2.42. The van der Waals surface area contributed by atoms with Gasteiger partial charge in [-0.25, -0.2) is 0 Å². The predicted octanol–water partition coefficient (Wildman–Crippen LogP) is 6.93. The molecule has 0 radical (unpaired) electrons. The lowest BCUT2D eigenvalue weighted by Gasteiger charge is -2.25. The van der Waals surface area contributed by atoms with Gasteiger partial charge in [0.25, 0.3) is 0 Å². The first-order chi connectivity index (χ1) is 10.2. The van der Waals surface area contributed by atoms with Crippen LogP contribution in [0.3, 0.4) is 0 Å². The summed E-state index contributed by atoms with van der Waals surface area (Å²) < 4.78 is 0. The van der Waals surface area contributed by atoms with Crippen LogP contribution in [-0.2, 0) is 0 Å². The summed E-state index contributed by atoms with van der Waals surface area (Å²) in [5.41, 5.74) is 6.28. The quantitative estimate of drug-likeness (QED) is 0.476. The molecule has 1 aromatic rings. The second-order valence-corrected chi connectivity index (χ2v) is 6.96. The lowest BCUT2D eigenvalue weighted by atomic mass is 9.80. The van der Waals surface area contributed by atoms with Crippen LogP contribution < -0.4 is 0 Å². The molecule has 0 aromatic heterocycles. The van der Waals surface area contributed by atoms with Gasteiger partial charge in [0.2, 0.25) is 0 Å². The van der Waals surface area contributed by atoms with Crippen molar-refractivity contribution >= 4 is 5.57 Å². The van der Waals surface area contributed by atoms with Crippen LogP contribution in [-0.4, -0.2) is 0 Å². The third-order valence-corrected chi connectivity index (χ3v) is 4.89. The van der Waals surface area contributed by atoms with E-state index in [2.05, 4.69) is 45.0 Å². The van der Waals surface area contributed by atoms with Crippen molar-refractivity contribution < 1.29 is 0 Å². The van der Waals surface area contributed by atoms with Gasteiger partial charge in [0, 0.05) is 0 Å². The number of unbranched alkanes of at least 4 members (excludes halogenated alkanes) is 4. The normalized spacial score (nSPS) is 19.1. The zero-order valence-corrected chi connectivity index (χ0v) is 14.3. The summed E-state index contributed by atoms with van der Waals surface area (Å²) in [6, 6.07) is 9.19. The van der Waals surface area contributed by atoms with Crippen molar-refractivity contribution in [3.63, 3.8) is 0 Å². The van der Waals surface area contributed by atoms with E-state index in [1.807, 2.05) is 0 Å². The molecule has 1 aromatic carbocycles. The largest absolute Gasteiger partial charge is 0.0661 e. The Bertz CT molecular complexity index is 449. The number of benzene rings is 1. The van der Waals surface area contributed by atoms with Crippen molar-refractivity contribution in [1.82, 2.24) is 0 Å². The summed E-state index contributed by atoms with van der Waals surface area (Å²) in [6.45, 7) is 6.89. The maximum Gasteiger partial charge on any atom is -0.0225 e. The van der Waals surface area contributed by atoms with Crippen LogP contribution in [0.5, 0.6) is 0 Å². The summed E-state index contributed by atoms with van der Waals surface area (Å²) >= 11 is 0. The average Bonchev–Trinajstić information content (AvgIpc) is 2.48. The topological polar surface area (TPSA) is 0 Å². The minimum atomic E-state index is 0.879. The molecule has 1 aliphatic carbocycles. The number of rotatable bonds is 7. The highest BCUT2D eigenvalue weighted by Gasteiger charge is 2.18. The molecule has 2 rings (SSSR count). The highest BCUT2D eigenvalue weighted by Crippen LogP contribution is 2.37. The van der Waals surface area contributed by atoms with Gasteiger partial charge in [-0.15, -0.1) is 0 Å². The first-order valence-electron chi connectivity index (χ1n) is 8.98. The van der Waals surface area contributed by atoms with Crippen LogP contribution in [0, 0.1) is 12.8 Å². The van der Waals surface area contributed by atoms with Crippen molar-refractivity contribution in [2.45, 2.75) is 78.6 Å². The fraction of sp³-hybridized carbons (Fsp3) is 0.619. The monoisotopic (exact) mass is 284 g/mol. The van der Waals surface area contributed by atoms with E-state index < -0.39 is 0 Å². The Morgan fingerprint density at radius 3 is 2.43 bits per heavy atom. The number of hydrogen-bond acceptors (Lipinski definition) is 0. The molecule has 0 saturated carbocycles. The molecule has 0 bridgehead atoms. The zero-order chi connectivity index (χ0) is 15.1. The molecule has 0 fully saturated rings. The summed E-state index contributed by atoms with van der Waals surface area (Å²) in [5.74, 6) is 0.879. The molecule has 0 heteroatoms. The second kappa shape index (κ2) is 8.41. The zero-order valence-electron chi connectivity index (χ0n) is 14.3. The SMILES string of the molecule is CCCCCCCC1=C(c2ccc(C)cc2)CCC(C)C1. The third-order valence-electron chi connectivity index (χ3n) is 4.89. The van der Waals surface area contributed by atoms with Crippen molar-refractivity contribution in [2.24, 2.45) is 5.92 Å². The molecule has 1 aliphatic rings. The predicted molar refractivity (Wildman–Crippen MR) is 94.5 cm³/mol. The van der Waals surface area contributed by atoms with Gasteiger partial charge in [-0.1, -0.05) is 74.9 Å². The van der Waals surface area contributed by atoms with E-state index in [-0.39, 0.29) is 0 Å². The Balaban J connectivity index is 2.04. The smallest absolute Gasteiger partial charge is 0.0225 e. The standard InChI is InChI=1S/C21H32/c1-4-5-6-7-8-9-20-16-18(3)12-15-21(20)19-13-10-17(2)11-14-19/h10-11,13-14,18H,4-9,12,15-16H2,1-3H3. The van der Waals surface area contributed by atoms with Crippen molar-refractivity contribution in [3.05, 3.63) is 41.0 Å². The van der Waals surface area contributed by atoms with E-state index in [9.17, 15) is 0 Å². The van der Waals surface area contributed by atoms with Crippen molar-refractivity contribution in [1.29, 1.82) is 0 Å². The third kappa shape index (κ3) is 5.02. The number of allylic oxidation sites excluding steroid dienone is 2. The molecule has 116 valence electrons. The molecular formula is C21H32. The molecular weight excluding hydrogens is 252 g/mol. The van der Waals surface area contributed by atoms with E-state index >= 15 is 0 Å². The maximum atomic E-state index is 2.42. The van der Waals surface area contributed by atoms with Crippen LogP contribution in [0.25, 0.3) is 5.57 Å². The Kier molecular flexibility index (Phi) is 6.54. The van der Waals surface area contributed by atoms with Gasteiger partial charge in [0.1, 0.15) is 0 Å². The van der Waals surface area contributed by atoms with Gasteiger partial charge in [-0.3, -0.25) is 0 Å². The number of hydrogen-bond donors (Lipinski definition) is 0. The van der Waals surface area contributed by atoms with Crippen LogP contribution in [0.2, 0.25) is 0 Å². The molecule has 1 unspecified atom stereocenters. The molecule has 0 spiro atoms. The van der Waals surface area contributed by atoms with Gasteiger partial charge in [0.15, 0.2) is 0 Å². The molecule has 0 nitrogen and oxygen atoms in total. The van der Waals surface area contributed by atoms with Gasteiger partial charge in [0.05, 0.1) is 0 Å². The van der Waals surface area contributed by atoms with Crippen LogP contribution in [0.4, 0.5) is 0 Å².